The Morgan fingerprint density at radius 2 is 2.05 bits per heavy atom. The minimum atomic E-state index is -0.171. The van der Waals surface area contributed by atoms with Crippen LogP contribution >= 0.6 is 11.6 Å². The maximum absolute atomic E-state index is 11.8. The highest BCUT2D eigenvalue weighted by Gasteiger charge is 2.24. The predicted octanol–water partition coefficient (Wildman–Crippen LogP) is 3.07. The molecule has 1 amide bonds. The fourth-order valence-electron chi connectivity index (χ4n) is 1.87. The fourth-order valence-corrected chi connectivity index (χ4v) is 2.05. The normalized spacial score (nSPS) is 13.8. The van der Waals surface area contributed by atoms with E-state index in [0.717, 1.165) is 24.1 Å². The van der Waals surface area contributed by atoms with Gasteiger partial charge in [0.1, 0.15) is 0 Å². The number of aromatic nitrogens is 2. The van der Waals surface area contributed by atoms with Crippen LogP contribution in [-0.4, -0.2) is 22.1 Å². The first-order valence-electron chi connectivity index (χ1n) is 6.79. The van der Waals surface area contributed by atoms with E-state index in [4.69, 9.17) is 11.6 Å². The highest BCUT2D eigenvalue weighted by atomic mass is 35.5. The second kappa shape index (κ2) is 5.69. The van der Waals surface area contributed by atoms with Gasteiger partial charge in [-0.15, -0.1) is 10.2 Å². The second-order valence-electron chi connectivity index (χ2n) is 5.14. The molecule has 1 fully saturated rings. The van der Waals surface area contributed by atoms with Gasteiger partial charge in [-0.1, -0.05) is 17.7 Å². The standard InChI is InChI=1S/C15H15ClN4O/c1-9-2-3-10(16)8-13(9)18-14-7-6-12(19-20-14)15(21)17-11-4-5-11/h2-3,6-8,11H,4-5H2,1H3,(H,17,21)(H,18,20). The molecular weight excluding hydrogens is 288 g/mol. The van der Waals surface area contributed by atoms with Crippen molar-refractivity contribution in [2.75, 3.05) is 5.32 Å². The van der Waals surface area contributed by atoms with Gasteiger partial charge in [0.05, 0.1) is 0 Å². The average molecular weight is 303 g/mol. The van der Waals surface area contributed by atoms with Crippen LogP contribution in [0.15, 0.2) is 30.3 Å². The third kappa shape index (κ3) is 3.49. The van der Waals surface area contributed by atoms with E-state index in [1.165, 1.54) is 0 Å². The SMILES string of the molecule is Cc1ccc(Cl)cc1Nc1ccc(C(=O)NC2CC2)nn1. The molecule has 0 aliphatic heterocycles. The van der Waals surface area contributed by atoms with Gasteiger partial charge in [0, 0.05) is 16.8 Å². The van der Waals surface area contributed by atoms with Gasteiger partial charge in [0.2, 0.25) is 0 Å². The molecule has 0 unspecified atom stereocenters. The Hall–Kier alpha value is -2.14. The molecule has 0 bridgehead atoms. The number of nitrogens with one attached hydrogen (secondary N) is 2. The summed E-state index contributed by atoms with van der Waals surface area (Å²) < 4.78 is 0. The molecule has 0 radical (unpaired) electrons. The van der Waals surface area contributed by atoms with Crippen molar-refractivity contribution >= 4 is 29.0 Å². The Morgan fingerprint density at radius 3 is 2.71 bits per heavy atom. The average Bonchev–Trinajstić information content (AvgIpc) is 3.27. The summed E-state index contributed by atoms with van der Waals surface area (Å²) in [7, 11) is 0. The van der Waals surface area contributed by atoms with Gasteiger partial charge in [0.15, 0.2) is 11.5 Å². The van der Waals surface area contributed by atoms with E-state index in [9.17, 15) is 4.79 Å². The van der Waals surface area contributed by atoms with Crippen LogP contribution < -0.4 is 10.6 Å². The number of halogens is 1. The van der Waals surface area contributed by atoms with Crippen LogP contribution in [0.4, 0.5) is 11.5 Å². The zero-order valence-electron chi connectivity index (χ0n) is 11.6. The molecule has 1 saturated carbocycles. The summed E-state index contributed by atoms with van der Waals surface area (Å²) in [4.78, 5) is 11.8. The van der Waals surface area contributed by atoms with Crippen molar-refractivity contribution in [3.8, 4) is 0 Å². The van der Waals surface area contributed by atoms with Gasteiger partial charge in [-0.2, -0.15) is 0 Å². The molecule has 1 aromatic carbocycles. The smallest absolute Gasteiger partial charge is 0.272 e. The quantitative estimate of drug-likeness (QED) is 0.911. The minimum Gasteiger partial charge on any atom is -0.348 e. The van der Waals surface area contributed by atoms with Gasteiger partial charge in [-0.3, -0.25) is 4.79 Å². The summed E-state index contributed by atoms with van der Waals surface area (Å²) in [6, 6.07) is 9.29. The van der Waals surface area contributed by atoms with Gasteiger partial charge in [-0.05, 0) is 49.6 Å². The van der Waals surface area contributed by atoms with E-state index in [0.29, 0.717) is 22.6 Å². The number of amides is 1. The molecule has 21 heavy (non-hydrogen) atoms. The van der Waals surface area contributed by atoms with Crippen LogP contribution in [0.5, 0.6) is 0 Å². The number of hydrogen-bond acceptors (Lipinski definition) is 4. The van der Waals surface area contributed by atoms with Crippen LogP contribution in [0.1, 0.15) is 28.9 Å². The number of hydrogen-bond donors (Lipinski definition) is 2. The lowest BCUT2D eigenvalue weighted by atomic mass is 10.2. The van der Waals surface area contributed by atoms with Crippen LogP contribution in [0.2, 0.25) is 5.02 Å². The van der Waals surface area contributed by atoms with Crippen molar-refractivity contribution in [1.82, 2.24) is 15.5 Å². The van der Waals surface area contributed by atoms with Crippen LogP contribution in [0.3, 0.4) is 0 Å². The molecule has 0 atom stereocenters. The van der Waals surface area contributed by atoms with Crippen molar-refractivity contribution in [3.05, 3.63) is 46.6 Å². The first kappa shape index (κ1) is 13.8. The van der Waals surface area contributed by atoms with Crippen LogP contribution in [0, 0.1) is 6.92 Å². The van der Waals surface area contributed by atoms with Gasteiger partial charge in [0.25, 0.3) is 5.91 Å². The maximum atomic E-state index is 11.8. The van der Waals surface area contributed by atoms with E-state index < -0.39 is 0 Å². The molecule has 1 aliphatic rings. The maximum Gasteiger partial charge on any atom is 0.272 e. The highest BCUT2D eigenvalue weighted by molar-refractivity contribution is 6.30. The lowest BCUT2D eigenvalue weighted by Gasteiger charge is -2.09. The van der Waals surface area contributed by atoms with Crippen molar-refractivity contribution in [3.63, 3.8) is 0 Å². The van der Waals surface area contributed by atoms with Gasteiger partial charge >= 0.3 is 0 Å². The van der Waals surface area contributed by atoms with E-state index >= 15 is 0 Å². The zero-order chi connectivity index (χ0) is 14.8. The van der Waals surface area contributed by atoms with Crippen molar-refractivity contribution in [2.45, 2.75) is 25.8 Å². The number of nitrogens with zero attached hydrogens (tertiary/aromatic N) is 2. The molecular formula is C15H15ClN4O. The van der Waals surface area contributed by atoms with Crippen molar-refractivity contribution < 1.29 is 4.79 Å². The topological polar surface area (TPSA) is 66.9 Å². The molecule has 1 aromatic heterocycles. The summed E-state index contributed by atoms with van der Waals surface area (Å²) in [5.41, 5.74) is 2.25. The fraction of sp³-hybridized carbons (Fsp3) is 0.267. The highest BCUT2D eigenvalue weighted by Crippen LogP contribution is 2.23. The number of benzene rings is 1. The Kier molecular flexibility index (Phi) is 3.75. The lowest BCUT2D eigenvalue weighted by molar-refractivity contribution is 0.0945. The molecule has 5 nitrogen and oxygen atoms in total. The van der Waals surface area contributed by atoms with Gasteiger partial charge in [-0.25, -0.2) is 0 Å². The molecule has 0 saturated heterocycles. The molecule has 1 heterocycles. The predicted molar refractivity (Wildman–Crippen MR) is 82.0 cm³/mol. The van der Waals surface area contributed by atoms with Crippen molar-refractivity contribution in [2.24, 2.45) is 0 Å². The third-order valence-corrected chi connectivity index (χ3v) is 3.51. The second-order valence-corrected chi connectivity index (χ2v) is 5.57. The molecule has 2 aromatic rings. The zero-order valence-corrected chi connectivity index (χ0v) is 12.3. The number of carbonyl (C=O) groups is 1. The number of rotatable bonds is 4. The minimum absolute atomic E-state index is 0.171. The molecule has 1 aliphatic carbocycles. The molecule has 0 spiro atoms. The summed E-state index contributed by atoms with van der Waals surface area (Å²) in [6.45, 7) is 1.98. The van der Waals surface area contributed by atoms with Crippen molar-refractivity contribution in [1.29, 1.82) is 0 Å². The molecule has 3 rings (SSSR count). The van der Waals surface area contributed by atoms with E-state index in [-0.39, 0.29) is 5.91 Å². The summed E-state index contributed by atoms with van der Waals surface area (Å²) in [5, 5.41) is 14.6. The van der Waals surface area contributed by atoms with E-state index in [1.807, 2.05) is 25.1 Å². The lowest BCUT2D eigenvalue weighted by Crippen LogP contribution is -2.26. The van der Waals surface area contributed by atoms with E-state index in [1.54, 1.807) is 12.1 Å². The Labute approximate surface area is 127 Å². The Bertz CT molecular complexity index is 668. The largest absolute Gasteiger partial charge is 0.348 e. The first-order chi connectivity index (χ1) is 10.1. The van der Waals surface area contributed by atoms with Crippen LogP contribution in [0.25, 0.3) is 0 Å². The summed E-state index contributed by atoms with van der Waals surface area (Å²) >= 11 is 5.98. The van der Waals surface area contributed by atoms with E-state index in [2.05, 4.69) is 20.8 Å². The van der Waals surface area contributed by atoms with Crippen LogP contribution in [-0.2, 0) is 0 Å². The number of aryl methyl sites for hydroxylation is 1. The third-order valence-electron chi connectivity index (χ3n) is 3.27. The first-order valence-corrected chi connectivity index (χ1v) is 7.17. The monoisotopic (exact) mass is 302 g/mol. The Balaban J connectivity index is 1.71. The molecule has 2 N–H and O–H groups in total. The summed E-state index contributed by atoms with van der Waals surface area (Å²) in [5.74, 6) is 0.402. The molecule has 108 valence electrons. The number of anilines is 2. The Morgan fingerprint density at radius 1 is 1.24 bits per heavy atom. The molecule has 6 heteroatoms. The van der Waals surface area contributed by atoms with Gasteiger partial charge < -0.3 is 10.6 Å². The summed E-state index contributed by atoms with van der Waals surface area (Å²) in [6.07, 6.45) is 2.10. The number of carbonyl (C=O) groups excluding carboxylic acids is 1.